The second kappa shape index (κ2) is 13.0. The van der Waals surface area contributed by atoms with Gasteiger partial charge in [0, 0.05) is 10.0 Å². The van der Waals surface area contributed by atoms with Gasteiger partial charge in [0.15, 0.2) is 16.3 Å². The molecule has 0 amide bonds. The first kappa shape index (κ1) is 30.4. The number of terminal acetylenes is 1. The van der Waals surface area contributed by atoms with Crippen molar-refractivity contribution in [3.63, 3.8) is 0 Å². The molecule has 4 rings (SSSR count). The molecule has 0 bridgehead atoms. The average Bonchev–Trinajstić information content (AvgIpc) is 3.21. The summed E-state index contributed by atoms with van der Waals surface area (Å²) in [6, 6.07) is 7.98. The van der Waals surface area contributed by atoms with Crippen LogP contribution < -0.4 is 29.1 Å². The van der Waals surface area contributed by atoms with Gasteiger partial charge in [0.2, 0.25) is 0 Å². The Hall–Kier alpha value is -3.52. The number of ether oxygens (including phenoxy) is 4. The molecule has 1 aliphatic heterocycles. The maximum Gasteiger partial charge on any atom is 0.338 e. The van der Waals surface area contributed by atoms with E-state index in [2.05, 4.69) is 26.8 Å². The summed E-state index contributed by atoms with van der Waals surface area (Å²) in [5.41, 5.74) is 1.59. The molecule has 1 aromatic heterocycles. The van der Waals surface area contributed by atoms with E-state index < -0.39 is 12.0 Å². The molecule has 2 aromatic carbocycles. The predicted molar refractivity (Wildman–Crippen MR) is 163 cm³/mol. The molecule has 0 radical (unpaired) electrons. The number of carbonyl (C=O) groups is 1. The number of rotatable bonds is 9. The van der Waals surface area contributed by atoms with E-state index in [0.717, 1.165) is 4.47 Å². The average molecular weight is 660 g/mol. The lowest BCUT2D eigenvalue weighted by atomic mass is 9.95. The molecule has 3 aromatic rings. The summed E-state index contributed by atoms with van der Waals surface area (Å²) < 4.78 is 25.2. The number of methoxy groups -OCH3 is 1. The van der Waals surface area contributed by atoms with Gasteiger partial charge in [-0.3, -0.25) is 9.36 Å². The van der Waals surface area contributed by atoms with Crippen LogP contribution >= 0.6 is 38.9 Å². The Labute approximate surface area is 255 Å². The van der Waals surface area contributed by atoms with Crippen LogP contribution in [0.2, 0.25) is 5.02 Å². The number of hydrogen-bond donors (Lipinski definition) is 0. The molecule has 1 aliphatic rings. The monoisotopic (exact) mass is 658 g/mol. The summed E-state index contributed by atoms with van der Waals surface area (Å²) in [5.74, 6) is 3.09. The number of hydrogen-bond acceptors (Lipinski definition) is 8. The van der Waals surface area contributed by atoms with Crippen LogP contribution in [0.1, 0.15) is 44.9 Å². The van der Waals surface area contributed by atoms with E-state index in [1.54, 1.807) is 45.0 Å². The zero-order valence-corrected chi connectivity index (χ0v) is 26.3. The fourth-order valence-corrected chi connectivity index (χ4v) is 6.11. The molecule has 0 spiro atoms. The van der Waals surface area contributed by atoms with Crippen molar-refractivity contribution in [1.82, 2.24) is 4.57 Å². The van der Waals surface area contributed by atoms with Gasteiger partial charge in [-0.15, -0.1) is 6.42 Å². The van der Waals surface area contributed by atoms with Crippen molar-refractivity contribution in [2.24, 2.45) is 4.99 Å². The Morgan fingerprint density at radius 2 is 2.02 bits per heavy atom. The van der Waals surface area contributed by atoms with Crippen molar-refractivity contribution >= 4 is 50.9 Å². The third-order valence-electron chi connectivity index (χ3n) is 6.00. The molecule has 0 aliphatic carbocycles. The molecule has 214 valence electrons. The van der Waals surface area contributed by atoms with E-state index in [1.165, 1.54) is 23.0 Å². The minimum Gasteiger partial charge on any atom is -0.496 e. The molecule has 2 heterocycles. The molecule has 1 atom stereocenters. The second-order valence-electron chi connectivity index (χ2n) is 9.18. The molecule has 8 nitrogen and oxygen atoms in total. The van der Waals surface area contributed by atoms with Crippen LogP contribution in [0.15, 0.2) is 55.9 Å². The zero-order chi connectivity index (χ0) is 29.8. The summed E-state index contributed by atoms with van der Waals surface area (Å²) in [6.07, 6.45) is 6.67. The van der Waals surface area contributed by atoms with Crippen LogP contribution in [0, 0.1) is 12.3 Å². The molecule has 41 heavy (non-hydrogen) atoms. The first-order chi connectivity index (χ1) is 19.6. The molecule has 0 unspecified atom stereocenters. The maximum absolute atomic E-state index is 14.0. The van der Waals surface area contributed by atoms with Crippen LogP contribution in [-0.4, -0.2) is 37.0 Å². The first-order valence-electron chi connectivity index (χ1n) is 12.7. The smallest absolute Gasteiger partial charge is 0.338 e. The first-order valence-corrected chi connectivity index (χ1v) is 14.7. The Morgan fingerprint density at radius 3 is 2.68 bits per heavy atom. The van der Waals surface area contributed by atoms with Gasteiger partial charge < -0.3 is 18.9 Å². The number of thiazole rings is 1. The predicted octanol–water partition coefficient (Wildman–Crippen LogP) is 5.02. The van der Waals surface area contributed by atoms with Gasteiger partial charge in [0.05, 0.1) is 40.6 Å². The Kier molecular flexibility index (Phi) is 9.64. The van der Waals surface area contributed by atoms with Crippen molar-refractivity contribution in [3.8, 4) is 29.6 Å². The van der Waals surface area contributed by atoms with E-state index in [1.807, 2.05) is 19.1 Å². The summed E-state index contributed by atoms with van der Waals surface area (Å²) in [4.78, 5) is 32.5. The molecule has 0 saturated heterocycles. The standard InChI is InChI=1S/C30H28BrClN2O6S/c1-7-11-39-27-21(32)12-18(13-23(27)38-8-2)14-24-28(35)34-26(20-15-19(31)9-10-22(20)37-6)25(29(36)40-16(3)4)17(5)33-30(34)41-24/h1,9-10,12-16,26H,8,11H2,2-6H3/b24-14-/t26-/m0/s1. The summed E-state index contributed by atoms with van der Waals surface area (Å²) in [7, 11) is 1.54. The fourth-order valence-electron chi connectivity index (χ4n) is 4.41. The molecular formula is C30H28BrClN2O6S. The molecular weight excluding hydrogens is 632 g/mol. The topological polar surface area (TPSA) is 88.4 Å². The Morgan fingerprint density at radius 1 is 1.27 bits per heavy atom. The highest BCUT2D eigenvalue weighted by molar-refractivity contribution is 9.10. The van der Waals surface area contributed by atoms with Crippen molar-refractivity contribution in [1.29, 1.82) is 0 Å². The van der Waals surface area contributed by atoms with Gasteiger partial charge in [0.1, 0.15) is 18.4 Å². The zero-order valence-electron chi connectivity index (χ0n) is 23.1. The number of esters is 1. The highest BCUT2D eigenvalue weighted by Crippen LogP contribution is 2.38. The number of allylic oxidation sites excluding steroid dienone is 1. The Bertz CT molecular complexity index is 1750. The molecule has 0 saturated carbocycles. The van der Waals surface area contributed by atoms with Crippen molar-refractivity contribution in [2.75, 3.05) is 20.3 Å². The number of fused-ring (bicyclic) bond motifs is 1. The van der Waals surface area contributed by atoms with E-state index in [4.69, 9.17) is 37.0 Å². The van der Waals surface area contributed by atoms with Crippen LogP contribution in [0.5, 0.6) is 17.2 Å². The number of aromatic nitrogens is 1. The van der Waals surface area contributed by atoms with E-state index in [9.17, 15) is 9.59 Å². The maximum atomic E-state index is 14.0. The normalized spacial score (nSPS) is 14.8. The van der Waals surface area contributed by atoms with E-state index in [0.29, 0.717) is 50.0 Å². The van der Waals surface area contributed by atoms with Gasteiger partial charge in [-0.05, 0) is 69.7 Å². The second-order valence-corrected chi connectivity index (χ2v) is 11.5. The number of nitrogens with zero attached hydrogens (tertiary/aromatic N) is 2. The molecule has 0 N–H and O–H groups in total. The lowest BCUT2D eigenvalue weighted by molar-refractivity contribution is -0.143. The SMILES string of the molecule is C#CCOc1c(Cl)cc(/C=c2\sc3n(c2=O)[C@@H](c2cc(Br)ccc2OC)C(C(=O)OC(C)C)=C(C)N=3)cc1OCC. The van der Waals surface area contributed by atoms with E-state index >= 15 is 0 Å². The van der Waals surface area contributed by atoms with Gasteiger partial charge in [0.25, 0.3) is 5.56 Å². The summed E-state index contributed by atoms with van der Waals surface area (Å²) in [5, 5.41) is 0.288. The lowest BCUT2D eigenvalue weighted by Crippen LogP contribution is -2.40. The third kappa shape index (κ3) is 6.38. The fraction of sp³-hybridized carbons (Fsp3) is 0.300. The minimum absolute atomic E-state index is 0.0255. The van der Waals surface area contributed by atoms with Crippen LogP contribution in [-0.2, 0) is 9.53 Å². The Balaban J connectivity index is 1.95. The van der Waals surface area contributed by atoms with Gasteiger partial charge >= 0.3 is 5.97 Å². The summed E-state index contributed by atoms with van der Waals surface area (Å²) in [6.45, 7) is 7.50. The molecule has 0 fully saturated rings. The number of carbonyl (C=O) groups excluding carboxylic acids is 1. The number of halogens is 2. The summed E-state index contributed by atoms with van der Waals surface area (Å²) >= 11 is 11.2. The van der Waals surface area contributed by atoms with Gasteiger partial charge in [-0.25, -0.2) is 9.79 Å². The quantitative estimate of drug-likeness (QED) is 0.237. The van der Waals surface area contributed by atoms with Crippen LogP contribution in [0.3, 0.4) is 0 Å². The van der Waals surface area contributed by atoms with Crippen molar-refractivity contribution < 1.29 is 23.7 Å². The van der Waals surface area contributed by atoms with Crippen LogP contribution in [0.4, 0.5) is 0 Å². The van der Waals surface area contributed by atoms with Crippen LogP contribution in [0.25, 0.3) is 6.08 Å². The highest BCUT2D eigenvalue weighted by atomic mass is 79.9. The highest BCUT2D eigenvalue weighted by Gasteiger charge is 2.35. The van der Waals surface area contributed by atoms with Gasteiger partial charge in [-0.1, -0.05) is 44.8 Å². The van der Waals surface area contributed by atoms with Crippen molar-refractivity contribution in [3.05, 3.63) is 81.9 Å². The largest absolute Gasteiger partial charge is 0.496 e. The molecule has 11 heteroatoms. The van der Waals surface area contributed by atoms with Gasteiger partial charge in [-0.2, -0.15) is 0 Å². The minimum atomic E-state index is -0.839. The lowest BCUT2D eigenvalue weighted by Gasteiger charge is -2.26. The number of benzene rings is 2. The third-order valence-corrected chi connectivity index (χ3v) is 7.76. The van der Waals surface area contributed by atoms with E-state index in [-0.39, 0.29) is 28.9 Å². The van der Waals surface area contributed by atoms with Crippen molar-refractivity contribution in [2.45, 2.75) is 39.8 Å².